The molecular weight excluding hydrogens is 182 g/mol. The minimum absolute atomic E-state index is 0.982. The third kappa shape index (κ3) is 0.890. The molecule has 0 saturated carbocycles. The number of hydrogen-bond acceptors (Lipinski definition) is 3. The van der Waals surface area contributed by atoms with Gasteiger partial charge in [0.1, 0.15) is 5.52 Å². The molecule has 13 heavy (non-hydrogen) atoms. The fraction of sp³-hybridized carbons (Fsp3) is 0.111. The van der Waals surface area contributed by atoms with Gasteiger partial charge in [-0.05, 0) is 19.1 Å². The van der Waals surface area contributed by atoms with Crippen molar-refractivity contribution in [3.05, 3.63) is 23.9 Å². The third-order valence-electron chi connectivity index (χ3n) is 2.13. The van der Waals surface area contributed by atoms with E-state index in [2.05, 4.69) is 25.9 Å². The van der Waals surface area contributed by atoms with Crippen LogP contribution >= 0.6 is 11.7 Å². The molecule has 0 unspecified atom stereocenters. The zero-order valence-electron chi connectivity index (χ0n) is 7.03. The van der Waals surface area contributed by atoms with E-state index >= 15 is 0 Å². The Morgan fingerprint density at radius 3 is 3.15 bits per heavy atom. The Bertz CT molecular complexity index is 579. The Labute approximate surface area is 78.7 Å². The lowest BCUT2D eigenvalue weighted by molar-refractivity contribution is 1.30. The van der Waals surface area contributed by atoms with E-state index in [1.807, 2.05) is 13.0 Å². The van der Waals surface area contributed by atoms with E-state index in [1.165, 1.54) is 17.1 Å². The van der Waals surface area contributed by atoms with Gasteiger partial charge in [0.05, 0.1) is 11.0 Å². The van der Waals surface area contributed by atoms with Gasteiger partial charge in [-0.1, -0.05) is 6.07 Å². The SMILES string of the molecule is Cc1cc2ccc3[nH]snc3c2n1. The fourth-order valence-electron chi connectivity index (χ4n) is 1.56. The summed E-state index contributed by atoms with van der Waals surface area (Å²) in [6.07, 6.45) is 0. The lowest BCUT2D eigenvalue weighted by Crippen LogP contribution is -1.73. The lowest BCUT2D eigenvalue weighted by Gasteiger charge is -1.87. The predicted molar refractivity (Wildman–Crippen MR) is 54.0 cm³/mol. The molecule has 3 rings (SSSR count). The minimum Gasteiger partial charge on any atom is -0.293 e. The topological polar surface area (TPSA) is 41.6 Å². The summed E-state index contributed by atoms with van der Waals surface area (Å²) in [6, 6.07) is 6.19. The normalized spacial score (nSPS) is 11.5. The number of nitrogens with zero attached hydrogens (tertiary/aromatic N) is 2. The summed E-state index contributed by atoms with van der Waals surface area (Å²) in [5.74, 6) is 0. The van der Waals surface area contributed by atoms with Gasteiger partial charge >= 0.3 is 0 Å². The van der Waals surface area contributed by atoms with Crippen molar-refractivity contribution in [1.29, 1.82) is 0 Å². The van der Waals surface area contributed by atoms with Crippen molar-refractivity contribution < 1.29 is 0 Å². The van der Waals surface area contributed by atoms with Gasteiger partial charge in [-0.2, -0.15) is 4.37 Å². The standard InChI is InChI=1S/C9H7N3S/c1-5-4-6-2-3-7-9(8(6)10-5)12-13-11-7/h2-4,11H,1H3. The van der Waals surface area contributed by atoms with Crippen molar-refractivity contribution in [2.45, 2.75) is 6.92 Å². The largest absolute Gasteiger partial charge is 0.293 e. The summed E-state index contributed by atoms with van der Waals surface area (Å²) in [7, 11) is 0. The summed E-state index contributed by atoms with van der Waals surface area (Å²) < 4.78 is 7.40. The zero-order chi connectivity index (χ0) is 8.84. The predicted octanol–water partition coefficient (Wildman–Crippen LogP) is 2.48. The zero-order valence-corrected chi connectivity index (χ0v) is 7.85. The van der Waals surface area contributed by atoms with Crippen molar-refractivity contribution in [1.82, 2.24) is 13.7 Å². The summed E-state index contributed by atoms with van der Waals surface area (Å²) in [5, 5.41) is 1.17. The second-order valence-electron chi connectivity index (χ2n) is 3.08. The molecule has 0 saturated heterocycles. The van der Waals surface area contributed by atoms with Gasteiger partial charge in [-0.25, -0.2) is 0 Å². The van der Waals surface area contributed by atoms with Crippen LogP contribution in [0.15, 0.2) is 18.2 Å². The molecule has 0 aliphatic carbocycles. The monoisotopic (exact) mass is 189 g/mol. The number of aromatic amines is 1. The van der Waals surface area contributed by atoms with Crippen molar-refractivity contribution >= 4 is 33.7 Å². The molecule has 0 amide bonds. The van der Waals surface area contributed by atoms with Crippen molar-refractivity contribution in [3.63, 3.8) is 0 Å². The van der Waals surface area contributed by atoms with E-state index in [1.54, 1.807) is 0 Å². The molecule has 0 fully saturated rings. The van der Waals surface area contributed by atoms with E-state index in [4.69, 9.17) is 0 Å². The average Bonchev–Trinajstić information content (AvgIpc) is 2.65. The molecule has 0 atom stereocenters. The van der Waals surface area contributed by atoms with Crippen LogP contribution in [0.1, 0.15) is 5.69 Å². The highest BCUT2D eigenvalue weighted by molar-refractivity contribution is 7.00. The molecule has 2 heterocycles. The number of benzene rings is 1. The maximum atomic E-state index is 4.44. The Hall–Kier alpha value is -1.42. The van der Waals surface area contributed by atoms with E-state index in [9.17, 15) is 0 Å². The van der Waals surface area contributed by atoms with Crippen LogP contribution in [0.4, 0.5) is 0 Å². The lowest BCUT2D eigenvalue weighted by atomic mass is 10.2. The maximum Gasteiger partial charge on any atom is 0.128 e. The Morgan fingerprint density at radius 2 is 2.23 bits per heavy atom. The first-order valence-corrected chi connectivity index (χ1v) is 4.82. The Morgan fingerprint density at radius 1 is 1.31 bits per heavy atom. The quantitative estimate of drug-likeness (QED) is 0.590. The molecule has 2 aromatic heterocycles. The van der Waals surface area contributed by atoms with Crippen LogP contribution in [-0.2, 0) is 0 Å². The second kappa shape index (κ2) is 2.29. The Kier molecular flexibility index (Phi) is 1.24. The molecule has 0 radical (unpaired) electrons. The second-order valence-corrected chi connectivity index (χ2v) is 3.65. The van der Waals surface area contributed by atoms with Gasteiger partial charge in [0.15, 0.2) is 0 Å². The molecule has 3 aromatic rings. The molecular formula is C9H7N3S. The molecule has 1 N–H and O–H groups in total. The molecule has 3 nitrogen and oxygen atoms in total. The van der Waals surface area contributed by atoms with Crippen LogP contribution in [0.3, 0.4) is 0 Å². The van der Waals surface area contributed by atoms with E-state index in [-0.39, 0.29) is 0 Å². The van der Waals surface area contributed by atoms with E-state index in [0.717, 1.165) is 22.2 Å². The first-order chi connectivity index (χ1) is 6.34. The first kappa shape index (κ1) is 7.03. The molecule has 0 aliphatic rings. The number of nitrogens with one attached hydrogen (secondary N) is 1. The van der Waals surface area contributed by atoms with Gasteiger partial charge in [0.25, 0.3) is 0 Å². The van der Waals surface area contributed by atoms with Crippen LogP contribution in [0.2, 0.25) is 0 Å². The van der Waals surface area contributed by atoms with E-state index in [0.29, 0.717) is 0 Å². The molecule has 0 bridgehead atoms. The summed E-state index contributed by atoms with van der Waals surface area (Å²) in [4.78, 5) is 4.44. The minimum atomic E-state index is 0.982. The molecule has 4 heteroatoms. The van der Waals surface area contributed by atoms with E-state index < -0.39 is 0 Å². The molecule has 64 valence electrons. The van der Waals surface area contributed by atoms with Crippen molar-refractivity contribution in [2.75, 3.05) is 0 Å². The highest BCUT2D eigenvalue weighted by Crippen LogP contribution is 2.23. The number of H-pyrrole nitrogens is 1. The highest BCUT2D eigenvalue weighted by Gasteiger charge is 2.05. The maximum absolute atomic E-state index is 4.44. The van der Waals surface area contributed by atoms with Gasteiger partial charge in [0, 0.05) is 22.8 Å². The smallest absolute Gasteiger partial charge is 0.128 e. The van der Waals surface area contributed by atoms with Crippen LogP contribution in [0.5, 0.6) is 0 Å². The van der Waals surface area contributed by atoms with Crippen LogP contribution in [0, 0.1) is 6.92 Å². The van der Waals surface area contributed by atoms with Crippen molar-refractivity contribution in [2.24, 2.45) is 0 Å². The Balaban J connectivity index is 2.64. The number of rotatable bonds is 0. The summed E-state index contributed by atoms with van der Waals surface area (Å²) in [6.45, 7) is 2.00. The molecule has 0 spiro atoms. The first-order valence-electron chi connectivity index (χ1n) is 4.05. The van der Waals surface area contributed by atoms with Crippen molar-refractivity contribution in [3.8, 4) is 0 Å². The number of hydrogen-bond donors (Lipinski definition) is 1. The van der Waals surface area contributed by atoms with Gasteiger partial charge < -0.3 is 0 Å². The summed E-state index contributed by atoms with van der Waals surface area (Å²) in [5.41, 5.74) is 4.11. The van der Waals surface area contributed by atoms with Gasteiger partial charge in [-0.15, -0.1) is 0 Å². The molecule has 1 aromatic carbocycles. The van der Waals surface area contributed by atoms with Crippen LogP contribution in [0.25, 0.3) is 21.9 Å². The fourth-order valence-corrected chi connectivity index (χ4v) is 2.14. The van der Waals surface area contributed by atoms with Crippen LogP contribution in [-0.4, -0.2) is 13.7 Å². The highest BCUT2D eigenvalue weighted by atomic mass is 32.1. The average molecular weight is 189 g/mol. The van der Waals surface area contributed by atoms with Gasteiger partial charge in [-0.3, -0.25) is 9.36 Å². The number of aryl methyl sites for hydroxylation is 1. The van der Waals surface area contributed by atoms with Crippen LogP contribution < -0.4 is 0 Å². The number of aromatic nitrogens is 3. The number of fused-ring (bicyclic) bond motifs is 3. The summed E-state index contributed by atoms with van der Waals surface area (Å²) >= 11 is 1.36. The molecule has 0 aliphatic heterocycles. The third-order valence-corrected chi connectivity index (χ3v) is 2.71. The van der Waals surface area contributed by atoms with Gasteiger partial charge in [0.2, 0.25) is 0 Å².